The third-order valence-corrected chi connectivity index (χ3v) is 5.69. The molecule has 0 unspecified atom stereocenters. The van der Waals surface area contributed by atoms with Gasteiger partial charge in [0.05, 0.1) is 6.61 Å². The Bertz CT molecular complexity index is 853. The first-order valence-corrected chi connectivity index (χ1v) is 10.2. The maximum Gasteiger partial charge on any atom is 0.184 e. The third kappa shape index (κ3) is 4.14. The number of ether oxygens (including phenoxy) is 2. The van der Waals surface area contributed by atoms with Crippen molar-refractivity contribution < 1.29 is 29.9 Å². The van der Waals surface area contributed by atoms with Gasteiger partial charge < -0.3 is 29.9 Å². The lowest BCUT2D eigenvalue weighted by atomic mass is 9.80. The molecule has 3 aromatic rings. The summed E-state index contributed by atoms with van der Waals surface area (Å²) in [5.41, 5.74) is 1.59. The summed E-state index contributed by atoms with van der Waals surface area (Å²) in [4.78, 5) is 0. The number of hydrogen-bond donors (Lipinski definition) is 4. The van der Waals surface area contributed by atoms with Crippen LogP contribution in [-0.2, 0) is 15.1 Å². The maximum atomic E-state index is 10.4. The number of hydrogen-bond acceptors (Lipinski definition) is 6. The SMILES string of the molecule is O[C@@H]1[C@@H](O)[C@H](COC(c2ccccc2)(c2ccccc2)c2ccccc2)O[C@@H](O)[C@H]1O. The molecule has 4 rings (SSSR count). The molecule has 1 aliphatic rings. The first-order chi connectivity index (χ1) is 15.0. The van der Waals surface area contributed by atoms with E-state index < -0.39 is 36.3 Å². The van der Waals surface area contributed by atoms with Crippen molar-refractivity contribution in [2.45, 2.75) is 36.3 Å². The lowest BCUT2D eigenvalue weighted by Gasteiger charge is -2.41. The van der Waals surface area contributed by atoms with Crippen LogP contribution in [0.3, 0.4) is 0 Å². The van der Waals surface area contributed by atoms with E-state index in [0.717, 1.165) is 16.7 Å². The van der Waals surface area contributed by atoms with Gasteiger partial charge in [-0.3, -0.25) is 0 Å². The molecule has 1 fully saturated rings. The zero-order valence-electron chi connectivity index (χ0n) is 16.9. The minimum Gasteiger partial charge on any atom is -0.387 e. The Morgan fingerprint density at radius 2 is 1.03 bits per heavy atom. The van der Waals surface area contributed by atoms with Crippen LogP contribution in [0.15, 0.2) is 91.0 Å². The summed E-state index contributed by atoms with van der Waals surface area (Å²) in [5.74, 6) is 0. The average molecular weight is 422 g/mol. The van der Waals surface area contributed by atoms with Crippen molar-refractivity contribution in [2.24, 2.45) is 0 Å². The van der Waals surface area contributed by atoms with Crippen LogP contribution in [0.1, 0.15) is 16.7 Å². The Labute approximate surface area is 180 Å². The molecule has 1 heterocycles. The molecule has 0 radical (unpaired) electrons. The molecule has 6 heteroatoms. The van der Waals surface area contributed by atoms with Crippen molar-refractivity contribution >= 4 is 0 Å². The van der Waals surface area contributed by atoms with E-state index in [4.69, 9.17) is 9.47 Å². The number of rotatable bonds is 6. The highest BCUT2D eigenvalue weighted by Crippen LogP contribution is 2.41. The summed E-state index contributed by atoms with van der Waals surface area (Å²) in [6, 6.07) is 29.1. The highest BCUT2D eigenvalue weighted by molar-refractivity contribution is 5.47. The molecular formula is C25H26O6. The zero-order chi connectivity index (χ0) is 21.8. The minimum atomic E-state index is -1.62. The summed E-state index contributed by atoms with van der Waals surface area (Å²) in [6.45, 7) is -0.138. The smallest absolute Gasteiger partial charge is 0.184 e. The number of benzene rings is 3. The fourth-order valence-corrected chi connectivity index (χ4v) is 4.04. The fourth-order valence-electron chi connectivity index (χ4n) is 4.04. The first-order valence-electron chi connectivity index (χ1n) is 10.2. The molecule has 31 heavy (non-hydrogen) atoms. The Kier molecular flexibility index (Phi) is 6.48. The number of aliphatic hydroxyl groups is 4. The van der Waals surface area contributed by atoms with Gasteiger partial charge in [0, 0.05) is 0 Å². The monoisotopic (exact) mass is 422 g/mol. The van der Waals surface area contributed by atoms with E-state index in [9.17, 15) is 20.4 Å². The predicted octanol–water partition coefficient (Wildman–Crippen LogP) is 1.79. The van der Waals surface area contributed by atoms with E-state index in [1.807, 2.05) is 91.0 Å². The van der Waals surface area contributed by atoms with Crippen molar-refractivity contribution in [1.82, 2.24) is 0 Å². The zero-order valence-corrected chi connectivity index (χ0v) is 16.9. The van der Waals surface area contributed by atoms with Crippen LogP contribution in [0.5, 0.6) is 0 Å². The molecule has 0 saturated carbocycles. The van der Waals surface area contributed by atoms with Crippen molar-refractivity contribution in [3.8, 4) is 0 Å². The third-order valence-electron chi connectivity index (χ3n) is 5.69. The lowest BCUT2D eigenvalue weighted by molar-refractivity contribution is -0.291. The van der Waals surface area contributed by atoms with Crippen molar-refractivity contribution in [3.63, 3.8) is 0 Å². The van der Waals surface area contributed by atoms with Crippen molar-refractivity contribution in [2.75, 3.05) is 6.61 Å². The average Bonchev–Trinajstić information content (AvgIpc) is 2.83. The van der Waals surface area contributed by atoms with Gasteiger partial charge in [-0.1, -0.05) is 91.0 Å². The molecular weight excluding hydrogens is 396 g/mol. The molecule has 1 aliphatic heterocycles. The largest absolute Gasteiger partial charge is 0.387 e. The van der Waals surface area contributed by atoms with Crippen LogP contribution in [0.2, 0.25) is 0 Å². The summed E-state index contributed by atoms with van der Waals surface area (Å²) in [6.07, 6.45) is -7.21. The summed E-state index contributed by atoms with van der Waals surface area (Å²) < 4.78 is 11.9. The quantitative estimate of drug-likeness (QED) is 0.452. The molecule has 3 aromatic carbocycles. The molecule has 5 atom stereocenters. The molecule has 0 spiro atoms. The van der Waals surface area contributed by atoms with Gasteiger partial charge in [-0.25, -0.2) is 0 Å². The maximum absolute atomic E-state index is 10.4. The van der Waals surface area contributed by atoms with Gasteiger partial charge in [-0.05, 0) is 16.7 Å². The van der Waals surface area contributed by atoms with Gasteiger partial charge in [-0.15, -0.1) is 0 Å². The number of aliphatic hydroxyl groups excluding tert-OH is 4. The van der Waals surface area contributed by atoms with Gasteiger partial charge in [-0.2, -0.15) is 0 Å². The second-order valence-electron chi connectivity index (χ2n) is 7.63. The van der Waals surface area contributed by atoms with E-state index >= 15 is 0 Å². The standard InChI is InChI=1S/C25H26O6/c26-21-20(31-24(29)23(28)22(21)27)16-30-25(17-10-4-1-5-11-17,18-12-6-2-7-13-18)19-14-8-3-9-15-19/h1-15,20-24,26-29H,16H2/t20-,21-,22+,23-,24+/m0/s1. The molecule has 162 valence electrons. The van der Waals surface area contributed by atoms with Crippen LogP contribution >= 0.6 is 0 Å². The Morgan fingerprint density at radius 1 is 0.613 bits per heavy atom. The summed E-state index contributed by atoms with van der Waals surface area (Å²) in [7, 11) is 0. The predicted molar refractivity (Wildman–Crippen MR) is 114 cm³/mol. The molecule has 0 aliphatic carbocycles. The van der Waals surface area contributed by atoms with Crippen LogP contribution in [0, 0.1) is 0 Å². The molecule has 0 aromatic heterocycles. The van der Waals surface area contributed by atoms with Crippen LogP contribution in [-0.4, -0.2) is 57.7 Å². The van der Waals surface area contributed by atoms with Gasteiger partial charge in [0.1, 0.15) is 30.0 Å². The molecule has 0 amide bonds. The van der Waals surface area contributed by atoms with Gasteiger partial charge in [0.25, 0.3) is 0 Å². The molecule has 4 N–H and O–H groups in total. The van der Waals surface area contributed by atoms with Gasteiger partial charge in [0.2, 0.25) is 0 Å². The normalized spacial score (nSPS) is 26.5. The molecule has 0 bridgehead atoms. The Morgan fingerprint density at radius 3 is 1.45 bits per heavy atom. The van der Waals surface area contributed by atoms with E-state index in [2.05, 4.69) is 0 Å². The Hall–Kier alpha value is -2.58. The van der Waals surface area contributed by atoms with Gasteiger partial charge >= 0.3 is 0 Å². The highest BCUT2D eigenvalue weighted by atomic mass is 16.6. The first kappa shape index (κ1) is 21.6. The van der Waals surface area contributed by atoms with Gasteiger partial charge in [0.15, 0.2) is 6.29 Å². The van der Waals surface area contributed by atoms with Crippen molar-refractivity contribution in [1.29, 1.82) is 0 Å². The lowest BCUT2D eigenvalue weighted by Crippen LogP contribution is -2.59. The van der Waals surface area contributed by atoms with E-state index in [0.29, 0.717) is 0 Å². The van der Waals surface area contributed by atoms with E-state index in [1.54, 1.807) is 0 Å². The fraction of sp³-hybridized carbons (Fsp3) is 0.280. The highest BCUT2D eigenvalue weighted by Gasteiger charge is 2.45. The topological polar surface area (TPSA) is 99.4 Å². The van der Waals surface area contributed by atoms with E-state index in [-0.39, 0.29) is 6.61 Å². The summed E-state index contributed by atoms with van der Waals surface area (Å²) in [5, 5.41) is 40.2. The van der Waals surface area contributed by atoms with Crippen molar-refractivity contribution in [3.05, 3.63) is 108 Å². The second-order valence-corrected chi connectivity index (χ2v) is 7.63. The van der Waals surface area contributed by atoms with Crippen LogP contribution in [0.4, 0.5) is 0 Å². The molecule has 6 nitrogen and oxygen atoms in total. The molecule has 1 saturated heterocycles. The van der Waals surface area contributed by atoms with Crippen LogP contribution in [0.25, 0.3) is 0 Å². The van der Waals surface area contributed by atoms with Crippen LogP contribution < -0.4 is 0 Å². The minimum absolute atomic E-state index is 0.138. The van der Waals surface area contributed by atoms with E-state index in [1.165, 1.54) is 0 Å². The second kappa shape index (κ2) is 9.28. The Balaban J connectivity index is 1.78. The summed E-state index contributed by atoms with van der Waals surface area (Å²) >= 11 is 0.